The molecule has 0 radical (unpaired) electrons. The lowest BCUT2D eigenvalue weighted by molar-refractivity contribution is -0.687. The maximum atomic E-state index is 12.4. The number of hydrogen-bond donors (Lipinski definition) is 2. The summed E-state index contributed by atoms with van der Waals surface area (Å²) in [6.07, 6.45) is 8.74. The molecule has 2 aliphatic rings. The SMILES string of the molecule is [O-]c1nc2c[n+](Cc3ccc4c(c3)nc(NCCCN3CCOCC3)n4Cc3ncccc3O)ccc2n1C1CC1. The second kappa shape index (κ2) is 11.0. The number of nitrogens with one attached hydrogen (secondary N) is 1. The Balaban J connectivity index is 1.13. The summed E-state index contributed by atoms with van der Waals surface area (Å²) in [5.74, 6) is 0.924. The van der Waals surface area contributed by atoms with Gasteiger partial charge in [-0.25, -0.2) is 9.97 Å². The van der Waals surface area contributed by atoms with Crippen molar-refractivity contribution < 1.29 is 19.5 Å². The molecule has 0 unspecified atom stereocenters. The van der Waals surface area contributed by atoms with E-state index in [1.165, 1.54) is 0 Å². The van der Waals surface area contributed by atoms with E-state index >= 15 is 0 Å². The molecule has 11 heteroatoms. The van der Waals surface area contributed by atoms with Crippen molar-refractivity contribution in [2.75, 3.05) is 44.7 Å². The van der Waals surface area contributed by atoms with Gasteiger partial charge in [-0.2, -0.15) is 4.57 Å². The number of hydrogen-bond acceptors (Lipinski definition) is 8. The minimum absolute atomic E-state index is 0.156. The molecule has 41 heavy (non-hydrogen) atoms. The van der Waals surface area contributed by atoms with Gasteiger partial charge >= 0.3 is 0 Å². The second-order valence-corrected chi connectivity index (χ2v) is 10.9. The molecular formula is C30H34N8O3. The average Bonchev–Trinajstić information content (AvgIpc) is 3.68. The molecule has 2 fully saturated rings. The number of aromatic hydroxyl groups is 1. The number of ether oxygens (including phenoxy) is 1. The number of fused-ring (bicyclic) bond motifs is 2. The Labute approximate surface area is 237 Å². The fraction of sp³-hybridized carbons (Fsp3) is 0.400. The molecule has 0 amide bonds. The Morgan fingerprint density at radius 2 is 1.95 bits per heavy atom. The predicted octanol–water partition coefficient (Wildman–Crippen LogP) is 2.41. The third kappa shape index (κ3) is 5.42. The first-order chi connectivity index (χ1) is 20.1. The summed E-state index contributed by atoms with van der Waals surface area (Å²) in [5.41, 5.74) is 5.16. The van der Waals surface area contributed by atoms with Gasteiger partial charge in [0.25, 0.3) is 0 Å². The molecule has 0 atom stereocenters. The van der Waals surface area contributed by atoms with Gasteiger partial charge in [0.15, 0.2) is 24.5 Å². The highest BCUT2D eigenvalue weighted by atomic mass is 16.5. The molecule has 1 saturated carbocycles. The first-order valence-corrected chi connectivity index (χ1v) is 14.4. The molecule has 5 aromatic rings. The summed E-state index contributed by atoms with van der Waals surface area (Å²) in [6.45, 7) is 6.39. The van der Waals surface area contributed by atoms with Gasteiger partial charge in [0.05, 0.1) is 42.3 Å². The maximum Gasteiger partial charge on any atom is 0.204 e. The molecule has 212 valence electrons. The third-order valence-corrected chi connectivity index (χ3v) is 7.96. The van der Waals surface area contributed by atoms with E-state index in [-0.39, 0.29) is 11.8 Å². The van der Waals surface area contributed by atoms with E-state index in [0.717, 1.165) is 92.2 Å². The van der Waals surface area contributed by atoms with Crippen molar-refractivity contribution in [3.8, 4) is 11.8 Å². The summed E-state index contributed by atoms with van der Waals surface area (Å²) in [7, 11) is 0. The lowest BCUT2D eigenvalue weighted by atomic mass is 10.2. The van der Waals surface area contributed by atoms with Crippen molar-refractivity contribution in [3.05, 3.63) is 66.2 Å². The molecule has 2 N–H and O–H groups in total. The van der Waals surface area contributed by atoms with Gasteiger partial charge in [0.1, 0.15) is 11.4 Å². The molecule has 4 aromatic heterocycles. The lowest BCUT2D eigenvalue weighted by Crippen LogP contribution is -2.37. The standard InChI is InChI=1S/C30H34N8O3/c39-28-3-1-9-31-25(28)20-37-26-7-4-21(17-23(26)33-29(37)32-10-2-11-35-13-15-41-16-14-35)18-36-12-8-27-24(19-36)34-30(40)38(27)22-5-6-22/h1,3-4,7-9,12,17,19,22H,2,5-6,10-11,13-16,18,20H2,(H2-,32,33,34,39,40). The highest BCUT2D eigenvalue weighted by Gasteiger charge is 2.26. The lowest BCUT2D eigenvalue weighted by Gasteiger charge is -2.26. The Bertz CT molecular complexity index is 1690. The molecule has 0 bridgehead atoms. The zero-order valence-corrected chi connectivity index (χ0v) is 22.9. The molecule has 0 spiro atoms. The summed E-state index contributed by atoms with van der Waals surface area (Å²) in [6, 6.07) is 11.8. The van der Waals surface area contributed by atoms with Crippen LogP contribution in [0.25, 0.3) is 22.1 Å². The van der Waals surface area contributed by atoms with Crippen molar-refractivity contribution >= 4 is 28.0 Å². The van der Waals surface area contributed by atoms with Gasteiger partial charge in [-0.1, -0.05) is 6.07 Å². The Kier molecular flexibility index (Phi) is 6.89. The topological polar surface area (TPSA) is 120 Å². The van der Waals surface area contributed by atoms with E-state index in [1.54, 1.807) is 18.3 Å². The van der Waals surface area contributed by atoms with E-state index in [2.05, 4.69) is 47.5 Å². The molecule has 1 aliphatic carbocycles. The van der Waals surface area contributed by atoms with Crippen LogP contribution in [-0.2, 0) is 17.8 Å². The molecule has 11 nitrogen and oxygen atoms in total. The van der Waals surface area contributed by atoms with Crippen molar-refractivity contribution in [1.29, 1.82) is 0 Å². The van der Waals surface area contributed by atoms with Gasteiger partial charge in [0, 0.05) is 43.5 Å². The maximum absolute atomic E-state index is 12.4. The van der Waals surface area contributed by atoms with Crippen LogP contribution in [0, 0.1) is 0 Å². The van der Waals surface area contributed by atoms with Crippen LogP contribution in [0.15, 0.2) is 55.0 Å². The quantitative estimate of drug-likeness (QED) is 0.200. The van der Waals surface area contributed by atoms with E-state index in [9.17, 15) is 10.2 Å². The van der Waals surface area contributed by atoms with Crippen molar-refractivity contribution in [1.82, 2.24) is 29.0 Å². The summed E-state index contributed by atoms with van der Waals surface area (Å²) in [4.78, 5) is 16.1. The van der Waals surface area contributed by atoms with Crippen molar-refractivity contribution in [2.45, 2.75) is 38.4 Å². The molecule has 7 rings (SSSR count). The van der Waals surface area contributed by atoms with Gasteiger partial charge in [0.2, 0.25) is 5.95 Å². The van der Waals surface area contributed by atoms with Crippen LogP contribution < -0.4 is 15.0 Å². The normalized spacial score (nSPS) is 16.1. The van der Waals surface area contributed by atoms with E-state index in [0.29, 0.717) is 24.8 Å². The van der Waals surface area contributed by atoms with Crippen LogP contribution in [-0.4, -0.2) is 73.5 Å². The number of rotatable bonds is 10. The van der Waals surface area contributed by atoms with E-state index in [4.69, 9.17) is 9.72 Å². The van der Waals surface area contributed by atoms with Crippen LogP contribution in [0.4, 0.5) is 5.95 Å². The highest BCUT2D eigenvalue weighted by molar-refractivity contribution is 5.80. The molecule has 1 aliphatic heterocycles. The van der Waals surface area contributed by atoms with Crippen LogP contribution >= 0.6 is 0 Å². The van der Waals surface area contributed by atoms with Crippen LogP contribution in [0.2, 0.25) is 0 Å². The largest absolute Gasteiger partial charge is 0.846 e. The summed E-state index contributed by atoms with van der Waals surface area (Å²) < 4.78 is 11.4. The van der Waals surface area contributed by atoms with Gasteiger partial charge in [-0.05, 0) is 50.1 Å². The fourth-order valence-electron chi connectivity index (χ4n) is 5.66. The fourth-order valence-corrected chi connectivity index (χ4v) is 5.66. The first kappa shape index (κ1) is 25.7. The van der Waals surface area contributed by atoms with Gasteiger partial charge in [-0.15, -0.1) is 0 Å². The Hall–Kier alpha value is -4.22. The first-order valence-electron chi connectivity index (χ1n) is 14.4. The van der Waals surface area contributed by atoms with Crippen molar-refractivity contribution in [2.24, 2.45) is 0 Å². The highest BCUT2D eigenvalue weighted by Crippen LogP contribution is 2.39. The van der Waals surface area contributed by atoms with Crippen molar-refractivity contribution in [3.63, 3.8) is 0 Å². The third-order valence-electron chi connectivity index (χ3n) is 7.96. The van der Waals surface area contributed by atoms with Crippen LogP contribution in [0.5, 0.6) is 11.8 Å². The molecule has 1 saturated heterocycles. The monoisotopic (exact) mass is 554 g/mol. The number of benzene rings is 1. The minimum atomic E-state index is -0.156. The molecule has 5 heterocycles. The molecular weight excluding hydrogens is 520 g/mol. The Morgan fingerprint density at radius 3 is 2.78 bits per heavy atom. The second-order valence-electron chi connectivity index (χ2n) is 10.9. The van der Waals surface area contributed by atoms with Gasteiger partial charge in [-0.3, -0.25) is 9.88 Å². The number of anilines is 1. The Morgan fingerprint density at radius 1 is 1.07 bits per heavy atom. The zero-order valence-electron chi connectivity index (χ0n) is 22.9. The van der Waals surface area contributed by atoms with E-state index in [1.807, 2.05) is 23.0 Å². The number of pyridine rings is 2. The van der Waals surface area contributed by atoms with Crippen LogP contribution in [0.1, 0.15) is 36.6 Å². The number of morpholine rings is 1. The molecule has 1 aromatic carbocycles. The zero-order chi connectivity index (χ0) is 27.8. The van der Waals surface area contributed by atoms with Crippen LogP contribution in [0.3, 0.4) is 0 Å². The number of aromatic nitrogens is 6. The van der Waals surface area contributed by atoms with Gasteiger partial charge < -0.3 is 29.4 Å². The smallest absolute Gasteiger partial charge is 0.204 e. The summed E-state index contributed by atoms with van der Waals surface area (Å²) in [5, 5.41) is 26.3. The minimum Gasteiger partial charge on any atom is -0.846 e. The summed E-state index contributed by atoms with van der Waals surface area (Å²) >= 11 is 0. The number of nitrogens with zero attached hydrogens (tertiary/aromatic N) is 7. The average molecular weight is 555 g/mol. The number of imidazole rings is 2. The van der Waals surface area contributed by atoms with E-state index < -0.39 is 0 Å². The predicted molar refractivity (Wildman–Crippen MR) is 152 cm³/mol.